The molecule has 26 heavy (non-hydrogen) atoms. The summed E-state index contributed by atoms with van der Waals surface area (Å²) in [5, 5.41) is 4.91. The highest BCUT2D eigenvalue weighted by Crippen LogP contribution is 2.17. The number of benzene rings is 1. The maximum atomic E-state index is 12.7. The van der Waals surface area contributed by atoms with E-state index >= 15 is 0 Å². The number of hydrogen-bond donors (Lipinski definition) is 0. The van der Waals surface area contributed by atoms with Gasteiger partial charge in [0.2, 0.25) is 10.0 Å². The van der Waals surface area contributed by atoms with E-state index in [2.05, 4.69) is 5.10 Å². The molecule has 0 bridgehead atoms. The topological polar surface area (TPSA) is 75.5 Å². The van der Waals surface area contributed by atoms with Crippen molar-refractivity contribution in [1.82, 2.24) is 19.0 Å². The molecule has 2 aromatic rings. The van der Waals surface area contributed by atoms with Crippen molar-refractivity contribution in [3.05, 3.63) is 52.8 Å². The zero-order valence-electron chi connectivity index (χ0n) is 14.5. The molecule has 0 spiro atoms. The molecule has 0 radical (unpaired) electrons. The Balaban J connectivity index is 1.67. The van der Waals surface area contributed by atoms with Gasteiger partial charge in [-0.25, -0.2) is 12.7 Å². The second-order valence-electron chi connectivity index (χ2n) is 6.33. The van der Waals surface area contributed by atoms with Gasteiger partial charge in [0.15, 0.2) is 0 Å². The summed E-state index contributed by atoms with van der Waals surface area (Å²) >= 11 is 6.16. The Bertz CT molecular complexity index is 897. The maximum Gasteiger partial charge on any atom is 0.257 e. The average molecular weight is 397 g/mol. The fraction of sp³-hybridized carbons (Fsp3) is 0.412. The highest BCUT2D eigenvalue weighted by Gasteiger charge is 2.25. The molecule has 3 rings (SSSR count). The van der Waals surface area contributed by atoms with Crippen molar-refractivity contribution in [2.75, 3.05) is 32.4 Å². The first kappa shape index (κ1) is 18.9. The number of carbonyl (C=O) groups excluding carboxylic acids is 1. The molecule has 0 saturated carbocycles. The van der Waals surface area contributed by atoms with Gasteiger partial charge in [-0.15, -0.1) is 0 Å². The van der Waals surface area contributed by atoms with Crippen LogP contribution in [-0.4, -0.2) is 65.7 Å². The molecule has 1 aliphatic heterocycles. The van der Waals surface area contributed by atoms with Gasteiger partial charge < -0.3 is 4.90 Å². The Hall–Kier alpha value is -1.90. The number of halogens is 1. The third-order valence-corrected chi connectivity index (χ3v) is 6.05. The molecule has 2 heterocycles. The molecule has 9 heteroatoms. The predicted octanol–water partition coefficient (Wildman–Crippen LogP) is 1.69. The smallest absolute Gasteiger partial charge is 0.257 e. The molecule has 1 aliphatic rings. The van der Waals surface area contributed by atoms with Gasteiger partial charge in [-0.1, -0.05) is 29.8 Å². The Kier molecular flexibility index (Phi) is 5.64. The third kappa shape index (κ3) is 4.44. The van der Waals surface area contributed by atoms with Crippen LogP contribution >= 0.6 is 11.6 Å². The molecule has 1 amide bonds. The summed E-state index contributed by atoms with van der Waals surface area (Å²) in [7, 11) is -3.23. The van der Waals surface area contributed by atoms with E-state index in [0.717, 1.165) is 5.56 Å². The van der Waals surface area contributed by atoms with E-state index in [0.29, 0.717) is 49.7 Å². The van der Waals surface area contributed by atoms with Crippen molar-refractivity contribution in [3.8, 4) is 0 Å². The average Bonchev–Trinajstić information content (AvgIpc) is 2.89. The molecule has 1 aromatic carbocycles. The highest BCUT2D eigenvalue weighted by atomic mass is 35.5. The highest BCUT2D eigenvalue weighted by molar-refractivity contribution is 7.88. The Morgan fingerprint density at radius 2 is 1.96 bits per heavy atom. The maximum absolute atomic E-state index is 12.7. The van der Waals surface area contributed by atoms with Crippen molar-refractivity contribution in [3.63, 3.8) is 0 Å². The van der Waals surface area contributed by atoms with Gasteiger partial charge >= 0.3 is 0 Å². The summed E-state index contributed by atoms with van der Waals surface area (Å²) in [4.78, 5) is 14.4. The third-order valence-electron chi connectivity index (χ3n) is 4.38. The van der Waals surface area contributed by atoms with Crippen LogP contribution < -0.4 is 0 Å². The lowest BCUT2D eigenvalue weighted by atomic mass is 10.2. The standard InChI is InChI=1S/C17H21ClN4O3S/c1-26(24,25)22-8-4-7-20(9-10-22)17(23)15-11-19-21(13-15)12-14-5-2-3-6-16(14)18/h2-3,5-6,11,13H,4,7-10,12H2,1H3. The molecular weight excluding hydrogens is 376 g/mol. The lowest BCUT2D eigenvalue weighted by Gasteiger charge is -2.20. The first-order valence-corrected chi connectivity index (χ1v) is 10.6. The van der Waals surface area contributed by atoms with Gasteiger partial charge in [-0.2, -0.15) is 5.10 Å². The summed E-state index contributed by atoms with van der Waals surface area (Å²) in [6.45, 7) is 2.14. The summed E-state index contributed by atoms with van der Waals surface area (Å²) in [5.41, 5.74) is 1.42. The van der Waals surface area contributed by atoms with Gasteiger partial charge in [-0.3, -0.25) is 9.48 Å². The number of hydrogen-bond acceptors (Lipinski definition) is 4. The minimum Gasteiger partial charge on any atom is -0.337 e. The van der Waals surface area contributed by atoms with Crippen LogP contribution in [0.1, 0.15) is 22.3 Å². The Morgan fingerprint density at radius 1 is 1.19 bits per heavy atom. The lowest BCUT2D eigenvalue weighted by Crippen LogP contribution is -2.36. The van der Waals surface area contributed by atoms with Crippen molar-refractivity contribution >= 4 is 27.5 Å². The Labute approximate surface area is 158 Å². The second kappa shape index (κ2) is 7.77. The monoisotopic (exact) mass is 396 g/mol. The molecule has 1 saturated heterocycles. The quantitative estimate of drug-likeness (QED) is 0.788. The zero-order valence-corrected chi connectivity index (χ0v) is 16.1. The van der Waals surface area contributed by atoms with E-state index in [9.17, 15) is 13.2 Å². The van der Waals surface area contributed by atoms with Crippen molar-refractivity contribution in [2.24, 2.45) is 0 Å². The van der Waals surface area contributed by atoms with E-state index < -0.39 is 10.0 Å². The van der Waals surface area contributed by atoms with Gasteiger partial charge in [0.05, 0.1) is 24.6 Å². The number of carbonyl (C=O) groups is 1. The Morgan fingerprint density at radius 3 is 2.69 bits per heavy atom. The van der Waals surface area contributed by atoms with E-state index in [1.54, 1.807) is 22.0 Å². The number of nitrogens with zero attached hydrogens (tertiary/aromatic N) is 4. The normalized spacial score (nSPS) is 16.5. The zero-order chi connectivity index (χ0) is 18.7. The molecule has 1 fully saturated rings. The van der Waals surface area contributed by atoms with Crippen molar-refractivity contribution < 1.29 is 13.2 Å². The summed E-state index contributed by atoms with van der Waals surface area (Å²) in [6.07, 6.45) is 5.05. The number of aromatic nitrogens is 2. The van der Waals surface area contributed by atoms with Crippen LogP contribution in [0.15, 0.2) is 36.7 Å². The van der Waals surface area contributed by atoms with Gasteiger partial charge in [0.1, 0.15) is 0 Å². The predicted molar refractivity (Wildman–Crippen MR) is 99.7 cm³/mol. The van der Waals surface area contributed by atoms with Crippen LogP contribution in [0, 0.1) is 0 Å². The first-order chi connectivity index (χ1) is 12.3. The van der Waals surface area contributed by atoms with Crippen molar-refractivity contribution in [2.45, 2.75) is 13.0 Å². The molecule has 0 aliphatic carbocycles. The first-order valence-electron chi connectivity index (χ1n) is 8.35. The minimum atomic E-state index is -3.23. The van der Waals surface area contributed by atoms with Gasteiger partial charge in [-0.05, 0) is 18.1 Å². The van der Waals surface area contributed by atoms with Crippen LogP contribution in [-0.2, 0) is 16.6 Å². The second-order valence-corrected chi connectivity index (χ2v) is 8.72. The largest absolute Gasteiger partial charge is 0.337 e. The molecule has 140 valence electrons. The van der Waals surface area contributed by atoms with Crippen LogP contribution in [0.2, 0.25) is 5.02 Å². The minimum absolute atomic E-state index is 0.134. The molecule has 0 N–H and O–H groups in total. The van der Waals surface area contributed by atoms with Gasteiger partial charge in [0, 0.05) is 37.4 Å². The molecule has 7 nitrogen and oxygen atoms in total. The summed E-state index contributed by atoms with van der Waals surface area (Å²) in [6, 6.07) is 7.50. The molecule has 0 unspecified atom stereocenters. The van der Waals surface area contributed by atoms with Crippen LogP contribution in [0.4, 0.5) is 0 Å². The fourth-order valence-corrected chi connectivity index (χ4v) is 4.04. The summed E-state index contributed by atoms with van der Waals surface area (Å²) < 4.78 is 26.5. The SMILES string of the molecule is CS(=O)(=O)N1CCCN(C(=O)c2cnn(Cc3ccccc3Cl)c2)CC1. The van der Waals surface area contributed by atoms with E-state index in [1.807, 2.05) is 24.3 Å². The molecule has 1 aromatic heterocycles. The van der Waals surface area contributed by atoms with Crippen LogP contribution in [0.5, 0.6) is 0 Å². The van der Waals surface area contributed by atoms with E-state index in [1.165, 1.54) is 10.6 Å². The number of rotatable bonds is 4. The summed E-state index contributed by atoms with van der Waals surface area (Å²) in [5.74, 6) is -0.134. The van der Waals surface area contributed by atoms with E-state index in [-0.39, 0.29) is 5.91 Å². The molecule has 0 atom stereocenters. The van der Waals surface area contributed by atoms with E-state index in [4.69, 9.17) is 11.6 Å². The van der Waals surface area contributed by atoms with Crippen LogP contribution in [0.3, 0.4) is 0 Å². The fourth-order valence-electron chi connectivity index (χ4n) is 2.97. The van der Waals surface area contributed by atoms with Crippen LogP contribution in [0.25, 0.3) is 0 Å². The number of sulfonamides is 1. The van der Waals surface area contributed by atoms with Crippen molar-refractivity contribution in [1.29, 1.82) is 0 Å². The number of amides is 1. The van der Waals surface area contributed by atoms with Gasteiger partial charge in [0.25, 0.3) is 5.91 Å². The lowest BCUT2D eigenvalue weighted by molar-refractivity contribution is 0.0764. The molecular formula is C17H21ClN4O3S.